The predicted molar refractivity (Wildman–Crippen MR) is 108 cm³/mol. The minimum absolute atomic E-state index is 0.0356. The third-order valence-electron chi connectivity index (χ3n) is 4.88. The molecule has 0 aliphatic rings. The van der Waals surface area contributed by atoms with Gasteiger partial charge in [0.1, 0.15) is 5.41 Å². The first-order valence-corrected chi connectivity index (χ1v) is 8.95. The van der Waals surface area contributed by atoms with Gasteiger partial charge in [-0.05, 0) is 22.8 Å². The largest absolute Gasteiger partial charge is 0.292 e. The topological polar surface area (TPSA) is 30.0 Å². The van der Waals surface area contributed by atoms with Crippen LogP contribution in [0.2, 0.25) is 0 Å². The zero-order valence-electron chi connectivity index (χ0n) is 14.8. The average Bonchev–Trinajstić information content (AvgIpc) is 2.77. The van der Waals surface area contributed by atoms with Gasteiger partial charge in [0.25, 0.3) is 0 Å². The maximum atomic E-state index is 14.0. The Labute approximate surface area is 159 Å². The summed E-state index contributed by atoms with van der Waals surface area (Å²) in [6.45, 7) is 0. The molecule has 0 N–H and O–H groups in total. The van der Waals surface area contributed by atoms with Crippen molar-refractivity contribution in [3.05, 3.63) is 138 Å². The number of carbonyl (C=O) groups excluding carboxylic acids is 1. The highest BCUT2D eigenvalue weighted by Gasteiger charge is 2.44. The summed E-state index contributed by atoms with van der Waals surface area (Å²) in [6.07, 6.45) is 3.53. The van der Waals surface area contributed by atoms with Crippen LogP contribution in [0.5, 0.6) is 0 Å². The molecule has 0 saturated carbocycles. The molecule has 27 heavy (non-hydrogen) atoms. The van der Waals surface area contributed by atoms with Crippen molar-refractivity contribution in [2.75, 3.05) is 0 Å². The standard InChI is InChI=1S/C25H19NO/c27-24(20-11-4-1-5-12-20)25(21-13-6-2-7-14-21,22-15-8-3-9-16-22)23-17-10-18-26-19-23/h1-19H. The highest BCUT2D eigenvalue weighted by atomic mass is 16.1. The van der Waals surface area contributed by atoms with E-state index in [9.17, 15) is 4.79 Å². The number of hydrogen-bond donors (Lipinski definition) is 0. The Morgan fingerprint density at radius 1 is 0.593 bits per heavy atom. The lowest BCUT2D eigenvalue weighted by Gasteiger charge is -2.34. The van der Waals surface area contributed by atoms with Crippen molar-refractivity contribution >= 4 is 5.78 Å². The predicted octanol–water partition coefficient (Wildman–Crippen LogP) is 5.30. The molecule has 1 aromatic heterocycles. The highest BCUT2D eigenvalue weighted by Crippen LogP contribution is 2.41. The van der Waals surface area contributed by atoms with Crippen molar-refractivity contribution in [2.24, 2.45) is 0 Å². The van der Waals surface area contributed by atoms with Crippen LogP contribution in [-0.4, -0.2) is 10.8 Å². The average molecular weight is 349 g/mol. The number of aromatic nitrogens is 1. The molecule has 4 rings (SSSR count). The van der Waals surface area contributed by atoms with Gasteiger partial charge in [0.15, 0.2) is 5.78 Å². The van der Waals surface area contributed by atoms with Crippen molar-refractivity contribution in [1.29, 1.82) is 0 Å². The maximum absolute atomic E-state index is 14.0. The molecular weight excluding hydrogens is 330 g/mol. The van der Waals surface area contributed by atoms with Crippen LogP contribution < -0.4 is 0 Å². The zero-order valence-corrected chi connectivity index (χ0v) is 14.8. The van der Waals surface area contributed by atoms with E-state index in [0.717, 1.165) is 16.7 Å². The molecule has 0 fully saturated rings. The Morgan fingerprint density at radius 3 is 1.56 bits per heavy atom. The zero-order chi connectivity index (χ0) is 18.5. The quantitative estimate of drug-likeness (QED) is 0.458. The van der Waals surface area contributed by atoms with Crippen LogP contribution in [0.4, 0.5) is 0 Å². The molecule has 0 amide bonds. The fraction of sp³-hybridized carbons (Fsp3) is 0.0400. The van der Waals surface area contributed by atoms with Gasteiger partial charge in [0, 0.05) is 18.0 Å². The number of ketones is 1. The molecule has 3 aromatic carbocycles. The first kappa shape index (κ1) is 16.9. The van der Waals surface area contributed by atoms with Gasteiger partial charge in [0.2, 0.25) is 0 Å². The highest BCUT2D eigenvalue weighted by molar-refractivity contribution is 6.09. The van der Waals surface area contributed by atoms with Crippen molar-refractivity contribution in [3.63, 3.8) is 0 Å². The monoisotopic (exact) mass is 349 g/mol. The van der Waals surface area contributed by atoms with Gasteiger partial charge in [-0.3, -0.25) is 9.78 Å². The fourth-order valence-corrected chi connectivity index (χ4v) is 3.66. The summed E-state index contributed by atoms with van der Waals surface area (Å²) in [7, 11) is 0. The lowest BCUT2D eigenvalue weighted by molar-refractivity contribution is 0.0935. The molecule has 1 heterocycles. The molecule has 2 nitrogen and oxygen atoms in total. The van der Waals surface area contributed by atoms with E-state index >= 15 is 0 Å². The second-order valence-corrected chi connectivity index (χ2v) is 6.42. The second kappa shape index (κ2) is 7.38. The SMILES string of the molecule is O=C(c1ccccc1)C(c1ccccc1)(c1ccccc1)c1cccnc1. The number of hydrogen-bond acceptors (Lipinski definition) is 2. The van der Waals surface area contributed by atoms with Gasteiger partial charge in [0.05, 0.1) is 0 Å². The van der Waals surface area contributed by atoms with Crippen LogP contribution in [0.15, 0.2) is 116 Å². The molecule has 0 unspecified atom stereocenters. The van der Waals surface area contributed by atoms with E-state index in [0.29, 0.717) is 5.56 Å². The molecule has 0 aliphatic heterocycles. The number of rotatable bonds is 5. The lowest BCUT2D eigenvalue weighted by Crippen LogP contribution is -2.38. The van der Waals surface area contributed by atoms with Gasteiger partial charge in [-0.25, -0.2) is 0 Å². The summed E-state index contributed by atoms with van der Waals surface area (Å²) in [5, 5.41) is 0. The third-order valence-corrected chi connectivity index (χ3v) is 4.88. The second-order valence-electron chi connectivity index (χ2n) is 6.42. The Hall–Kier alpha value is -3.52. The summed E-state index contributed by atoms with van der Waals surface area (Å²) in [4.78, 5) is 18.4. The number of Topliss-reactive ketones (excluding diaryl/α,β-unsaturated/α-hetero) is 1. The van der Waals surface area contributed by atoms with Gasteiger partial charge < -0.3 is 0 Å². The van der Waals surface area contributed by atoms with E-state index in [1.807, 2.05) is 103 Å². The normalized spacial score (nSPS) is 11.1. The van der Waals surface area contributed by atoms with Crippen molar-refractivity contribution in [1.82, 2.24) is 4.98 Å². The molecule has 0 bridgehead atoms. The number of pyridine rings is 1. The molecule has 0 atom stereocenters. The van der Waals surface area contributed by atoms with E-state index in [1.165, 1.54) is 0 Å². The Balaban J connectivity index is 2.08. The Morgan fingerprint density at radius 2 is 1.07 bits per heavy atom. The minimum Gasteiger partial charge on any atom is -0.292 e. The molecule has 0 aliphatic carbocycles. The molecule has 130 valence electrons. The van der Waals surface area contributed by atoms with E-state index in [-0.39, 0.29) is 5.78 Å². The lowest BCUT2D eigenvalue weighted by atomic mass is 9.65. The fourth-order valence-electron chi connectivity index (χ4n) is 3.66. The third kappa shape index (κ3) is 2.96. The van der Waals surface area contributed by atoms with E-state index in [1.54, 1.807) is 12.4 Å². The number of carbonyl (C=O) groups is 1. The summed E-state index contributed by atoms with van der Waals surface area (Å²) < 4.78 is 0. The molecule has 0 radical (unpaired) electrons. The Kier molecular flexibility index (Phi) is 4.63. The Bertz CT molecular complexity index is 916. The van der Waals surface area contributed by atoms with Crippen LogP contribution in [-0.2, 0) is 5.41 Å². The van der Waals surface area contributed by atoms with Crippen molar-refractivity contribution in [2.45, 2.75) is 5.41 Å². The summed E-state index contributed by atoms with van der Waals surface area (Å²) in [5.41, 5.74) is 2.43. The van der Waals surface area contributed by atoms with Gasteiger partial charge in [-0.15, -0.1) is 0 Å². The van der Waals surface area contributed by atoms with Gasteiger partial charge in [-0.2, -0.15) is 0 Å². The molecular formula is C25H19NO. The van der Waals surface area contributed by atoms with E-state index in [2.05, 4.69) is 4.98 Å². The van der Waals surface area contributed by atoms with Crippen LogP contribution in [0.3, 0.4) is 0 Å². The van der Waals surface area contributed by atoms with Crippen molar-refractivity contribution in [3.8, 4) is 0 Å². The summed E-state index contributed by atoms with van der Waals surface area (Å²) in [5.74, 6) is 0.0356. The maximum Gasteiger partial charge on any atom is 0.182 e. The van der Waals surface area contributed by atoms with Crippen LogP contribution in [0.1, 0.15) is 27.0 Å². The van der Waals surface area contributed by atoms with Crippen LogP contribution in [0.25, 0.3) is 0 Å². The molecule has 4 aromatic rings. The van der Waals surface area contributed by atoms with Crippen molar-refractivity contribution < 1.29 is 4.79 Å². The number of nitrogens with zero attached hydrogens (tertiary/aromatic N) is 1. The molecule has 0 saturated heterocycles. The van der Waals surface area contributed by atoms with E-state index < -0.39 is 5.41 Å². The smallest absolute Gasteiger partial charge is 0.182 e. The van der Waals surface area contributed by atoms with Gasteiger partial charge in [-0.1, -0.05) is 97.1 Å². The first-order valence-electron chi connectivity index (χ1n) is 8.95. The number of benzene rings is 3. The summed E-state index contributed by atoms with van der Waals surface area (Å²) >= 11 is 0. The molecule has 0 spiro atoms. The molecule has 2 heteroatoms. The summed E-state index contributed by atoms with van der Waals surface area (Å²) in [6, 6.07) is 33.2. The van der Waals surface area contributed by atoms with E-state index in [4.69, 9.17) is 0 Å². The van der Waals surface area contributed by atoms with Crippen LogP contribution >= 0.6 is 0 Å². The first-order chi connectivity index (χ1) is 13.3. The van der Waals surface area contributed by atoms with Gasteiger partial charge >= 0.3 is 0 Å². The van der Waals surface area contributed by atoms with Crippen LogP contribution in [0, 0.1) is 0 Å². The minimum atomic E-state index is -0.960.